The van der Waals surface area contributed by atoms with Crippen LogP contribution in [0.25, 0.3) is 0 Å². The summed E-state index contributed by atoms with van der Waals surface area (Å²) in [6.07, 6.45) is -9.69. The van der Waals surface area contributed by atoms with Crippen LogP contribution in [-0.4, -0.2) is 16.5 Å². The maximum Gasteiger partial charge on any atom is 0.574 e. The van der Waals surface area contributed by atoms with Gasteiger partial charge in [-0.15, -0.1) is 24.8 Å². The van der Waals surface area contributed by atoms with Crippen LogP contribution in [0.15, 0.2) is 6.20 Å². The number of ether oxygens (including phenoxy) is 1. The fourth-order valence-electron chi connectivity index (χ4n) is 1.38. The number of aliphatic hydroxyl groups excluding tert-OH is 1. The first-order valence-electron chi connectivity index (χ1n) is 4.60. The van der Waals surface area contributed by atoms with Gasteiger partial charge in [-0.05, 0) is 5.56 Å². The summed E-state index contributed by atoms with van der Waals surface area (Å²) in [4.78, 5) is 3.09. The third-order valence-corrected chi connectivity index (χ3v) is 2.30. The van der Waals surface area contributed by atoms with Crippen LogP contribution in [0.3, 0.4) is 0 Å². The number of rotatable bonds is 3. The van der Waals surface area contributed by atoms with Crippen LogP contribution in [0.1, 0.15) is 16.7 Å². The van der Waals surface area contributed by atoms with E-state index in [0.29, 0.717) is 6.20 Å². The number of nitrogens with zero attached hydrogens (tertiary/aromatic N) is 1. The monoisotopic (exact) mass is 309 g/mol. The third-order valence-electron chi connectivity index (χ3n) is 2.02. The van der Waals surface area contributed by atoms with E-state index in [2.05, 4.69) is 9.72 Å². The van der Waals surface area contributed by atoms with E-state index < -0.39 is 47.6 Å². The van der Waals surface area contributed by atoms with Gasteiger partial charge in [0, 0.05) is 12.1 Å². The Morgan fingerprint density at radius 1 is 1.21 bits per heavy atom. The molecule has 1 heterocycles. The van der Waals surface area contributed by atoms with Crippen molar-refractivity contribution in [1.82, 2.24) is 4.98 Å². The molecule has 1 aromatic rings. The Balaban J connectivity index is 3.45. The lowest BCUT2D eigenvalue weighted by Gasteiger charge is -2.18. The van der Waals surface area contributed by atoms with E-state index in [1.54, 1.807) is 0 Å². The molecule has 0 atom stereocenters. The summed E-state index contributed by atoms with van der Waals surface area (Å²) < 4.78 is 77.7. The van der Waals surface area contributed by atoms with E-state index in [1.807, 2.05) is 0 Å². The van der Waals surface area contributed by atoms with Gasteiger partial charge >= 0.3 is 12.5 Å². The Labute approximate surface area is 107 Å². The van der Waals surface area contributed by atoms with E-state index in [4.69, 9.17) is 16.7 Å². The van der Waals surface area contributed by atoms with Crippen LogP contribution in [0.4, 0.5) is 26.3 Å². The van der Waals surface area contributed by atoms with Crippen LogP contribution < -0.4 is 4.74 Å². The molecule has 0 aliphatic rings. The molecule has 1 aromatic heterocycles. The van der Waals surface area contributed by atoms with Crippen LogP contribution in [0, 0.1) is 0 Å². The molecule has 3 nitrogen and oxygen atoms in total. The number of aromatic nitrogens is 1. The predicted molar refractivity (Wildman–Crippen MR) is 51.4 cm³/mol. The van der Waals surface area contributed by atoms with Gasteiger partial charge in [0.05, 0.1) is 17.7 Å². The number of pyridine rings is 1. The Morgan fingerprint density at radius 2 is 1.79 bits per heavy atom. The Hall–Kier alpha value is -1.22. The molecule has 0 spiro atoms. The zero-order chi connectivity index (χ0) is 14.8. The number of hydrogen-bond acceptors (Lipinski definition) is 3. The van der Waals surface area contributed by atoms with Crippen molar-refractivity contribution >= 4 is 11.6 Å². The number of aliphatic hydroxyl groups is 1. The van der Waals surface area contributed by atoms with Gasteiger partial charge in [0.25, 0.3) is 0 Å². The first-order chi connectivity index (χ1) is 8.60. The molecule has 0 aliphatic heterocycles. The summed E-state index contributed by atoms with van der Waals surface area (Å²) >= 11 is 5.27. The molecule has 0 saturated heterocycles. The van der Waals surface area contributed by atoms with Gasteiger partial charge in [-0.2, -0.15) is 13.2 Å². The molecule has 0 aromatic carbocycles. The molecular weight excluding hydrogens is 304 g/mol. The molecule has 1 rings (SSSR count). The normalized spacial score (nSPS) is 12.6. The fraction of sp³-hybridized carbons (Fsp3) is 0.444. The molecule has 0 saturated carbocycles. The van der Waals surface area contributed by atoms with Crippen molar-refractivity contribution < 1.29 is 36.2 Å². The molecule has 0 amide bonds. The second-order valence-corrected chi connectivity index (χ2v) is 3.55. The second kappa shape index (κ2) is 5.41. The molecular formula is C9H6ClF6NO2. The first kappa shape index (κ1) is 15.8. The molecule has 19 heavy (non-hydrogen) atoms. The van der Waals surface area contributed by atoms with Gasteiger partial charge in [-0.1, -0.05) is 0 Å². The minimum atomic E-state index is -5.22. The van der Waals surface area contributed by atoms with Crippen molar-refractivity contribution in [3.63, 3.8) is 0 Å². The standard InChI is InChI=1S/C9H6ClF6NO2/c10-1-4-2-17-7(19-9(14,15)16)5(3-18)6(4)8(11,12)13/h2,18H,1,3H2. The lowest BCUT2D eigenvalue weighted by atomic mass is 10.0. The minimum Gasteiger partial charge on any atom is -0.391 e. The molecule has 1 N–H and O–H groups in total. The van der Waals surface area contributed by atoms with Gasteiger partial charge in [0.1, 0.15) is 0 Å². The fourth-order valence-corrected chi connectivity index (χ4v) is 1.58. The highest BCUT2D eigenvalue weighted by atomic mass is 35.5. The molecule has 0 aliphatic carbocycles. The van der Waals surface area contributed by atoms with Crippen LogP contribution in [-0.2, 0) is 18.7 Å². The van der Waals surface area contributed by atoms with Crippen molar-refractivity contribution in [3.05, 3.63) is 22.9 Å². The lowest BCUT2D eigenvalue weighted by molar-refractivity contribution is -0.276. The molecule has 0 fully saturated rings. The maximum atomic E-state index is 12.8. The average Bonchev–Trinajstić information content (AvgIpc) is 2.25. The molecule has 10 heteroatoms. The Kier molecular flexibility index (Phi) is 4.51. The van der Waals surface area contributed by atoms with Crippen molar-refractivity contribution in [2.75, 3.05) is 0 Å². The highest BCUT2D eigenvalue weighted by Crippen LogP contribution is 2.39. The summed E-state index contributed by atoms with van der Waals surface area (Å²) in [7, 11) is 0. The van der Waals surface area contributed by atoms with E-state index in [-0.39, 0.29) is 0 Å². The van der Waals surface area contributed by atoms with Crippen LogP contribution in [0.2, 0.25) is 0 Å². The van der Waals surface area contributed by atoms with Crippen LogP contribution in [0.5, 0.6) is 5.88 Å². The Morgan fingerprint density at radius 3 is 2.16 bits per heavy atom. The number of hydrogen-bond donors (Lipinski definition) is 1. The highest BCUT2D eigenvalue weighted by Gasteiger charge is 2.40. The van der Waals surface area contributed by atoms with E-state index >= 15 is 0 Å². The first-order valence-corrected chi connectivity index (χ1v) is 5.14. The van der Waals surface area contributed by atoms with Gasteiger partial charge in [-0.3, -0.25) is 0 Å². The topological polar surface area (TPSA) is 42.4 Å². The SMILES string of the molecule is OCc1c(OC(F)(F)F)ncc(CCl)c1C(F)(F)F. The second-order valence-electron chi connectivity index (χ2n) is 3.28. The van der Waals surface area contributed by atoms with Crippen molar-refractivity contribution in [2.24, 2.45) is 0 Å². The molecule has 108 valence electrons. The van der Waals surface area contributed by atoms with Crippen LogP contribution >= 0.6 is 11.6 Å². The number of alkyl halides is 7. The largest absolute Gasteiger partial charge is 0.574 e. The van der Waals surface area contributed by atoms with Gasteiger partial charge in [-0.25, -0.2) is 4.98 Å². The van der Waals surface area contributed by atoms with Gasteiger partial charge < -0.3 is 9.84 Å². The summed E-state index contributed by atoms with van der Waals surface area (Å²) in [6.45, 7) is -1.32. The van der Waals surface area contributed by atoms with Crippen molar-refractivity contribution in [2.45, 2.75) is 25.0 Å². The van der Waals surface area contributed by atoms with Crippen molar-refractivity contribution in [1.29, 1.82) is 0 Å². The summed E-state index contributed by atoms with van der Waals surface area (Å²) in [5, 5.41) is 8.85. The quantitative estimate of drug-likeness (QED) is 0.688. The van der Waals surface area contributed by atoms with Crippen molar-refractivity contribution in [3.8, 4) is 5.88 Å². The highest BCUT2D eigenvalue weighted by molar-refractivity contribution is 6.17. The zero-order valence-corrected chi connectivity index (χ0v) is 9.70. The van der Waals surface area contributed by atoms with Gasteiger partial charge in [0.2, 0.25) is 5.88 Å². The van der Waals surface area contributed by atoms with Gasteiger partial charge in [0.15, 0.2) is 0 Å². The molecule has 0 unspecified atom stereocenters. The van der Waals surface area contributed by atoms with E-state index in [1.165, 1.54) is 0 Å². The summed E-state index contributed by atoms with van der Waals surface area (Å²) in [5.41, 5.74) is -3.13. The molecule has 0 bridgehead atoms. The summed E-state index contributed by atoms with van der Waals surface area (Å²) in [5.74, 6) is -1.97. The minimum absolute atomic E-state index is 0.524. The third kappa shape index (κ3) is 3.87. The molecule has 0 radical (unpaired) electrons. The Bertz CT molecular complexity index is 459. The zero-order valence-electron chi connectivity index (χ0n) is 8.94. The predicted octanol–water partition coefficient (Wildman–Crippen LogP) is 3.23. The number of halogens is 7. The average molecular weight is 310 g/mol. The van der Waals surface area contributed by atoms with E-state index in [0.717, 1.165) is 0 Å². The maximum absolute atomic E-state index is 12.8. The smallest absolute Gasteiger partial charge is 0.391 e. The lowest BCUT2D eigenvalue weighted by Crippen LogP contribution is -2.22. The van der Waals surface area contributed by atoms with E-state index in [9.17, 15) is 26.3 Å². The summed E-state index contributed by atoms with van der Waals surface area (Å²) in [6, 6.07) is 0.